The number of benzene rings is 6. The van der Waals surface area contributed by atoms with Crippen LogP contribution in [0.25, 0.3) is 48.0 Å². The number of fused-ring (bicyclic) bond motifs is 6. The predicted octanol–water partition coefficient (Wildman–Crippen LogP) is 14.5. The fourth-order valence-electron chi connectivity index (χ4n) is 8.99. The lowest BCUT2D eigenvalue weighted by Gasteiger charge is -2.33. The van der Waals surface area contributed by atoms with Gasteiger partial charge in [0.1, 0.15) is 0 Å². The van der Waals surface area contributed by atoms with E-state index in [1.807, 2.05) is 11.3 Å². The molecule has 2 heteroatoms. The molecule has 0 bridgehead atoms. The Morgan fingerprint density at radius 3 is 2.02 bits per heavy atom. The van der Waals surface area contributed by atoms with Crippen LogP contribution in [0.4, 0.5) is 17.1 Å². The Labute approximate surface area is 310 Å². The van der Waals surface area contributed by atoms with Crippen molar-refractivity contribution in [2.45, 2.75) is 38.0 Å². The van der Waals surface area contributed by atoms with Gasteiger partial charge in [0.25, 0.3) is 0 Å². The summed E-state index contributed by atoms with van der Waals surface area (Å²) in [6.45, 7) is 2.48. The molecule has 1 atom stereocenters. The minimum atomic E-state index is -0.153. The van der Waals surface area contributed by atoms with Crippen molar-refractivity contribution in [2.75, 3.05) is 4.90 Å². The van der Waals surface area contributed by atoms with Gasteiger partial charge in [-0.3, -0.25) is 0 Å². The van der Waals surface area contributed by atoms with Gasteiger partial charge in [-0.15, -0.1) is 11.3 Å². The Hall–Kier alpha value is -5.70. The zero-order valence-electron chi connectivity index (χ0n) is 29.3. The van der Waals surface area contributed by atoms with E-state index in [1.165, 1.54) is 81.6 Å². The second-order valence-corrected chi connectivity index (χ2v) is 15.4. The number of nitrogens with zero attached hydrogens (tertiary/aromatic N) is 1. The van der Waals surface area contributed by atoms with Gasteiger partial charge in [0.05, 0.1) is 16.1 Å². The summed E-state index contributed by atoms with van der Waals surface area (Å²) in [5.41, 5.74) is 15.7. The van der Waals surface area contributed by atoms with Gasteiger partial charge < -0.3 is 4.90 Å². The first-order valence-corrected chi connectivity index (χ1v) is 19.4. The van der Waals surface area contributed by atoms with Crippen molar-refractivity contribution < 1.29 is 0 Å². The normalized spacial score (nSPS) is 17.8. The van der Waals surface area contributed by atoms with Crippen molar-refractivity contribution in [3.8, 4) is 22.3 Å². The molecule has 0 saturated carbocycles. The smallest absolute Gasteiger partial charge is 0.0640 e. The molecule has 6 aromatic carbocycles. The van der Waals surface area contributed by atoms with Crippen LogP contribution in [0, 0.1) is 0 Å². The lowest BCUT2D eigenvalue weighted by molar-refractivity contribution is 0.645. The maximum atomic E-state index is 2.56. The van der Waals surface area contributed by atoms with Crippen LogP contribution in [0.3, 0.4) is 0 Å². The fourth-order valence-corrected chi connectivity index (χ4v) is 10.3. The molecule has 3 aliphatic carbocycles. The lowest BCUT2D eigenvalue weighted by atomic mass is 9.70. The minimum Gasteiger partial charge on any atom is -0.308 e. The first-order valence-electron chi connectivity index (χ1n) is 18.6. The molecule has 1 nitrogen and oxygen atoms in total. The number of allylic oxidation sites excluding steroid dienone is 8. The van der Waals surface area contributed by atoms with Crippen molar-refractivity contribution in [1.82, 2.24) is 0 Å². The molecule has 0 spiro atoms. The largest absolute Gasteiger partial charge is 0.308 e. The van der Waals surface area contributed by atoms with Gasteiger partial charge in [-0.2, -0.15) is 0 Å². The summed E-state index contributed by atoms with van der Waals surface area (Å²) in [6.07, 6.45) is 16.4. The average molecular weight is 686 g/mol. The monoisotopic (exact) mass is 685 g/mol. The lowest BCUT2D eigenvalue weighted by Crippen LogP contribution is -2.25. The summed E-state index contributed by atoms with van der Waals surface area (Å²) in [5, 5.41) is 2.61. The van der Waals surface area contributed by atoms with E-state index in [4.69, 9.17) is 0 Å². The van der Waals surface area contributed by atoms with Crippen molar-refractivity contribution in [3.63, 3.8) is 0 Å². The molecule has 0 aliphatic heterocycles. The zero-order valence-corrected chi connectivity index (χ0v) is 30.2. The molecular weight excluding hydrogens is 647 g/mol. The highest BCUT2D eigenvalue weighted by Crippen LogP contribution is 2.60. The summed E-state index contributed by atoms with van der Waals surface area (Å²) >= 11 is 1.92. The van der Waals surface area contributed by atoms with Crippen molar-refractivity contribution in [1.29, 1.82) is 0 Å². The van der Waals surface area contributed by atoms with Gasteiger partial charge in [-0.25, -0.2) is 0 Å². The first kappa shape index (κ1) is 31.1. The van der Waals surface area contributed by atoms with Crippen LogP contribution in [-0.2, 0) is 5.41 Å². The molecular formula is C50H39NS. The molecule has 0 saturated heterocycles. The highest BCUT2D eigenvalue weighted by molar-refractivity contribution is 7.27. The molecule has 0 radical (unpaired) electrons. The van der Waals surface area contributed by atoms with Crippen LogP contribution in [0.15, 0.2) is 181 Å². The van der Waals surface area contributed by atoms with Crippen LogP contribution in [0.1, 0.15) is 43.7 Å². The van der Waals surface area contributed by atoms with Gasteiger partial charge in [-0.05, 0) is 95.8 Å². The quantitative estimate of drug-likeness (QED) is 0.168. The van der Waals surface area contributed by atoms with Crippen LogP contribution in [-0.4, -0.2) is 0 Å². The van der Waals surface area contributed by atoms with Crippen molar-refractivity contribution >= 4 is 54.1 Å². The van der Waals surface area contributed by atoms with E-state index in [9.17, 15) is 0 Å². The molecule has 52 heavy (non-hydrogen) atoms. The van der Waals surface area contributed by atoms with Crippen LogP contribution < -0.4 is 4.90 Å². The number of thiophene rings is 1. The predicted molar refractivity (Wildman–Crippen MR) is 224 cm³/mol. The van der Waals surface area contributed by atoms with Gasteiger partial charge >= 0.3 is 0 Å². The van der Waals surface area contributed by atoms with Crippen molar-refractivity contribution in [2.24, 2.45) is 0 Å². The molecule has 10 rings (SSSR count). The summed E-state index contributed by atoms with van der Waals surface area (Å²) in [5.74, 6) is 0. The van der Waals surface area contributed by atoms with Crippen LogP contribution in [0.5, 0.6) is 0 Å². The summed E-state index contributed by atoms with van der Waals surface area (Å²) in [4.78, 5) is 2.56. The number of anilines is 3. The third-order valence-corrected chi connectivity index (χ3v) is 12.8. The molecule has 1 aromatic heterocycles. The molecule has 3 aliphatic rings. The number of hydrogen-bond donors (Lipinski definition) is 0. The third kappa shape index (κ3) is 4.82. The van der Waals surface area contributed by atoms with Gasteiger partial charge in [-0.1, -0.05) is 151 Å². The second-order valence-electron chi connectivity index (χ2n) is 14.3. The van der Waals surface area contributed by atoms with E-state index in [1.54, 1.807) is 0 Å². The topological polar surface area (TPSA) is 3.24 Å². The van der Waals surface area contributed by atoms with Crippen molar-refractivity contribution in [3.05, 3.63) is 192 Å². The summed E-state index contributed by atoms with van der Waals surface area (Å²) < 4.78 is 2.64. The van der Waals surface area contributed by atoms with E-state index in [0.717, 1.165) is 31.4 Å². The Kier molecular flexibility index (Phi) is 7.47. The van der Waals surface area contributed by atoms with E-state index >= 15 is 0 Å². The third-order valence-electron chi connectivity index (χ3n) is 11.5. The SMILES string of the molecule is CC1(C2=CC=CCC2)C2=CCCC=C2c2c(N(c3ccc(-c4ccccc4)cc3)c3cccc4c3sc3c(-c5ccccc5)cccc34)cccc21. The fraction of sp³-hybridized carbons (Fsp3) is 0.120. The average Bonchev–Trinajstić information content (AvgIpc) is 3.74. The molecule has 0 amide bonds. The molecule has 1 unspecified atom stereocenters. The van der Waals surface area contributed by atoms with E-state index in [0.29, 0.717) is 0 Å². The second kappa shape index (κ2) is 12.5. The molecule has 1 heterocycles. The minimum absolute atomic E-state index is 0.153. The van der Waals surface area contributed by atoms with E-state index in [2.05, 4.69) is 182 Å². The maximum Gasteiger partial charge on any atom is 0.0640 e. The standard InChI is InChI=1S/C50H39NS/c1-50(37-20-9-4-10-21-37)43-26-12-11-22-42(43)47-44(50)27-15-28-45(47)51(38-32-30-35(31-33-38)34-16-5-2-6-17-34)46-29-14-25-41-40-24-13-23-39(48(40)52-49(41)46)36-18-7-3-8-19-36/h2-9,13-20,22-33H,10-12,21H2,1H3. The Bertz CT molecular complexity index is 2620. The highest BCUT2D eigenvalue weighted by Gasteiger charge is 2.46. The Morgan fingerprint density at radius 2 is 1.25 bits per heavy atom. The van der Waals surface area contributed by atoms with E-state index in [-0.39, 0.29) is 5.41 Å². The van der Waals surface area contributed by atoms with Gasteiger partial charge in [0.15, 0.2) is 0 Å². The van der Waals surface area contributed by atoms with Crippen LogP contribution in [0.2, 0.25) is 0 Å². The number of hydrogen-bond acceptors (Lipinski definition) is 2. The maximum absolute atomic E-state index is 2.56. The van der Waals surface area contributed by atoms with Crippen LogP contribution >= 0.6 is 11.3 Å². The molecule has 7 aromatic rings. The first-order chi connectivity index (χ1) is 25.7. The highest BCUT2D eigenvalue weighted by atomic mass is 32.1. The van der Waals surface area contributed by atoms with E-state index < -0.39 is 0 Å². The zero-order chi connectivity index (χ0) is 34.6. The summed E-state index contributed by atoms with van der Waals surface area (Å²) in [7, 11) is 0. The Morgan fingerprint density at radius 1 is 0.577 bits per heavy atom. The Balaban J connectivity index is 1.24. The molecule has 250 valence electrons. The van der Waals surface area contributed by atoms with Gasteiger partial charge in [0, 0.05) is 32.1 Å². The van der Waals surface area contributed by atoms with Gasteiger partial charge in [0.2, 0.25) is 0 Å². The number of rotatable bonds is 6. The summed E-state index contributed by atoms with van der Waals surface area (Å²) in [6, 6.07) is 51.5. The molecule has 0 N–H and O–H groups in total. The molecule has 0 fully saturated rings.